The van der Waals surface area contributed by atoms with E-state index in [1.54, 1.807) is 6.20 Å². The number of benzene rings is 1. The number of aryl methyl sites for hydroxylation is 2. The number of hydrogen-bond donors (Lipinski definition) is 1. The Morgan fingerprint density at radius 3 is 2.62 bits per heavy atom. The summed E-state index contributed by atoms with van der Waals surface area (Å²) in [6.07, 6.45) is 7.67. The quantitative estimate of drug-likeness (QED) is 0.496. The topological polar surface area (TPSA) is 98.1 Å². The molecule has 0 saturated heterocycles. The standard InChI is InChI=1S/C21H24N8/c1-3-5-6-20-23-19(4-2)26-29(20)14-15-7-9-16(10-8-15)18-13-22-12-11-17(18)21-24-27-28-25-21/h7-13H,3-6,14H2,1-2H3,(H,24,25,27,28). The molecule has 0 radical (unpaired) electrons. The van der Waals surface area contributed by atoms with Gasteiger partial charge in [0.25, 0.3) is 0 Å². The van der Waals surface area contributed by atoms with Gasteiger partial charge in [0, 0.05) is 36.4 Å². The van der Waals surface area contributed by atoms with Crippen LogP contribution in [0.3, 0.4) is 0 Å². The van der Waals surface area contributed by atoms with Crippen molar-refractivity contribution in [3.8, 4) is 22.5 Å². The summed E-state index contributed by atoms with van der Waals surface area (Å²) in [7, 11) is 0. The lowest BCUT2D eigenvalue weighted by Crippen LogP contribution is -2.07. The number of H-pyrrole nitrogens is 1. The van der Waals surface area contributed by atoms with Crippen LogP contribution in [-0.2, 0) is 19.4 Å². The molecular weight excluding hydrogens is 364 g/mol. The SMILES string of the molecule is CCCCc1nc(CC)nn1Cc1ccc(-c2cnccc2-c2nnn[nH]2)cc1. The lowest BCUT2D eigenvalue weighted by molar-refractivity contribution is 0.614. The van der Waals surface area contributed by atoms with Crippen LogP contribution < -0.4 is 0 Å². The first-order valence-corrected chi connectivity index (χ1v) is 9.98. The summed E-state index contributed by atoms with van der Waals surface area (Å²) in [5, 5.41) is 18.9. The number of nitrogens with zero attached hydrogens (tertiary/aromatic N) is 7. The van der Waals surface area contributed by atoms with Crippen molar-refractivity contribution in [2.24, 2.45) is 0 Å². The smallest absolute Gasteiger partial charge is 0.180 e. The number of unbranched alkanes of at least 4 members (excludes halogenated alkanes) is 1. The molecule has 0 spiro atoms. The van der Waals surface area contributed by atoms with Gasteiger partial charge in [-0.2, -0.15) is 5.10 Å². The summed E-state index contributed by atoms with van der Waals surface area (Å²) < 4.78 is 2.04. The molecule has 29 heavy (non-hydrogen) atoms. The highest BCUT2D eigenvalue weighted by atomic mass is 15.5. The third kappa shape index (κ3) is 4.21. The average molecular weight is 388 g/mol. The maximum absolute atomic E-state index is 4.69. The highest BCUT2D eigenvalue weighted by Crippen LogP contribution is 2.29. The summed E-state index contributed by atoms with van der Waals surface area (Å²) in [5.74, 6) is 2.61. The van der Waals surface area contributed by atoms with Crippen molar-refractivity contribution in [3.05, 3.63) is 59.9 Å². The molecule has 1 aromatic carbocycles. The first kappa shape index (κ1) is 18.9. The summed E-state index contributed by atoms with van der Waals surface area (Å²) in [6, 6.07) is 10.4. The third-order valence-corrected chi connectivity index (χ3v) is 4.88. The van der Waals surface area contributed by atoms with E-state index in [1.165, 1.54) is 5.56 Å². The van der Waals surface area contributed by atoms with Crippen LogP contribution in [0.5, 0.6) is 0 Å². The zero-order valence-electron chi connectivity index (χ0n) is 16.7. The Kier molecular flexibility index (Phi) is 5.69. The van der Waals surface area contributed by atoms with Gasteiger partial charge >= 0.3 is 0 Å². The Labute approximate surface area is 169 Å². The fraction of sp³-hybridized carbons (Fsp3) is 0.333. The van der Waals surface area contributed by atoms with Crippen LogP contribution >= 0.6 is 0 Å². The average Bonchev–Trinajstić information content (AvgIpc) is 3.43. The van der Waals surface area contributed by atoms with Gasteiger partial charge in [-0.05, 0) is 34.0 Å². The van der Waals surface area contributed by atoms with Crippen molar-refractivity contribution >= 4 is 0 Å². The van der Waals surface area contributed by atoms with E-state index in [0.717, 1.165) is 60.6 Å². The fourth-order valence-corrected chi connectivity index (χ4v) is 3.29. The van der Waals surface area contributed by atoms with Crippen LogP contribution in [0.15, 0.2) is 42.7 Å². The van der Waals surface area contributed by atoms with Crippen LogP contribution in [0.1, 0.15) is 43.9 Å². The molecular formula is C21H24N8. The molecule has 8 heteroatoms. The Bertz CT molecular complexity index is 1050. The highest BCUT2D eigenvalue weighted by Gasteiger charge is 2.12. The van der Waals surface area contributed by atoms with E-state index in [1.807, 2.05) is 16.9 Å². The molecule has 0 amide bonds. The number of pyridine rings is 1. The van der Waals surface area contributed by atoms with E-state index in [0.29, 0.717) is 5.82 Å². The molecule has 0 unspecified atom stereocenters. The number of tetrazole rings is 1. The van der Waals surface area contributed by atoms with Gasteiger partial charge in [-0.1, -0.05) is 44.5 Å². The van der Waals surface area contributed by atoms with Crippen molar-refractivity contribution in [1.29, 1.82) is 0 Å². The largest absolute Gasteiger partial charge is 0.264 e. The fourth-order valence-electron chi connectivity index (χ4n) is 3.29. The predicted octanol–water partition coefficient (Wildman–Crippen LogP) is 3.47. The van der Waals surface area contributed by atoms with Gasteiger partial charge in [-0.25, -0.2) is 14.8 Å². The number of rotatable bonds is 8. The van der Waals surface area contributed by atoms with E-state index in [4.69, 9.17) is 0 Å². The summed E-state index contributed by atoms with van der Waals surface area (Å²) >= 11 is 0. The van der Waals surface area contributed by atoms with Gasteiger partial charge < -0.3 is 0 Å². The molecule has 0 fully saturated rings. The molecule has 4 aromatic rings. The van der Waals surface area contributed by atoms with E-state index < -0.39 is 0 Å². The molecule has 0 aliphatic heterocycles. The summed E-state index contributed by atoms with van der Waals surface area (Å²) in [4.78, 5) is 8.96. The lowest BCUT2D eigenvalue weighted by atomic mass is 10.0. The van der Waals surface area contributed by atoms with Gasteiger partial charge in [0.15, 0.2) is 11.6 Å². The first-order chi connectivity index (χ1) is 14.3. The molecule has 1 N–H and O–H groups in total. The minimum atomic E-state index is 0.627. The van der Waals surface area contributed by atoms with E-state index in [2.05, 4.69) is 73.8 Å². The predicted molar refractivity (Wildman–Crippen MR) is 110 cm³/mol. The van der Waals surface area contributed by atoms with Crippen LogP contribution in [0, 0.1) is 0 Å². The molecule has 0 aliphatic rings. The normalized spacial score (nSPS) is 11.1. The second kappa shape index (κ2) is 8.72. The summed E-state index contributed by atoms with van der Waals surface area (Å²) in [5.41, 5.74) is 4.15. The molecule has 148 valence electrons. The molecule has 0 aliphatic carbocycles. The Morgan fingerprint density at radius 2 is 1.90 bits per heavy atom. The summed E-state index contributed by atoms with van der Waals surface area (Å²) in [6.45, 7) is 5.01. The minimum Gasteiger partial charge on any atom is -0.264 e. The number of nitrogens with one attached hydrogen (secondary N) is 1. The number of hydrogen-bond acceptors (Lipinski definition) is 6. The van der Waals surface area contributed by atoms with Crippen molar-refractivity contribution in [3.63, 3.8) is 0 Å². The molecule has 0 bridgehead atoms. The van der Waals surface area contributed by atoms with E-state index in [9.17, 15) is 0 Å². The maximum atomic E-state index is 4.69. The van der Waals surface area contributed by atoms with Crippen LogP contribution in [0.4, 0.5) is 0 Å². The number of aromatic amines is 1. The zero-order chi connectivity index (χ0) is 20.1. The van der Waals surface area contributed by atoms with E-state index in [-0.39, 0.29) is 0 Å². The van der Waals surface area contributed by atoms with Crippen molar-refractivity contribution in [2.75, 3.05) is 0 Å². The monoisotopic (exact) mass is 388 g/mol. The van der Waals surface area contributed by atoms with Crippen molar-refractivity contribution < 1.29 is 0 Å². The van der Waals surface area contributed by atoms with Crippen LogP contribution in [0.2, 0.25) is 0 Å². The van der Waals surface area contributed by atoms with E-state index >= 15 is 0 Å². The Balaban J connectivity index is 1.58. The molecule has 8 nitrogen and oxygen atoms in total. The van der Waals surface area contributed by atoms with Gasteiger partial charge in [0.05, 0.1) is 6.54 Å². The molecule has 3 heterocycles. The number of aromatic nitrogens is 8. The van der Waals surface area contributed by atoms with Crippen LogP contribution in [-0.4, -0.2) is 40.4 Å². The zero-order valence-corrected chi connectivity index (χ0v) is 16.7. The second-order valence-corrected chi connectivity index (χ2v) is 6.93. The first-order valence-electron chi connectivity index (χ1n) is 9.98. The minimum absolute atomic E-state index is 0.627. The van der Waals surface area contributed by atoms with Crippen LogP contribution in [0.25, 0.3) is 22.5 Å². The van der Waals surface area contributed by atoms with Crippen molar-refractivity contribution in [1.82, 2.24) is 40.4 Å². The lowest BCUT2D eigenvalue weighted by Gasteiger charge is -2.09. The second-order valence-electron chi connectivity index (χ2n) is 6.93. The van der Waals surface area contributed by atoms with Gasteiger partial charge in [0.2, 0.25) is 0 Å². The van der Waals surface area contributed by atoms with Crippen molar-refractivity contribution in [2.45, 2.75) is 46.1 Å². The Morgan fingerprint density at radius 1 is 1.03 bits per heavy atom. The highest BCUT2D eigenvalue weighted by molar-refractivity contribution is 5.79. The third-order valence-electron chi connectivity index (χ3n) is 4.88. The molecule has 0 atom stereocenters. The van der Waals surface area contributed by atoms with Gasteiger partial charge in [-0.3, -0.25) is 4.98 Å². The maximum Gasteiger partial charge on any atom is 0.180 e. The molecule has 0 saturated carbocycles. The Hall–Kier alpha value is -3.42. The molecule has 3 aromatic heterocycles. The van der Waals surface area contributed by atoms with Gasteiger partial charge in [-0.15, -0.1) is 5.10 Å². The van der Waals surface area contributed by atoms with Gasteiger partial charge in [0.1, 0.15) is 5.82 Å². The molecule has 4 rings (SSSR count).